The van der Waals surface area contributed by atoms with Gasteiger partial charge < -0.3 is 15.7 Å². The largest absolute Gasteiger partial charge is 0.480 e. The number of carboxylic acids is 1. The number of carbonyl (C=O) groups excluding carboxylic acids is 2. The third kappa shape index (κ3) is 6.32. The first-order valence-electron chi connectivity index (χ1n) is 6.86. The van der Waals surface area contributed by atoms with Crippen LogP contribution in [0.15, 0.2) is 36.4 Å². The van der Waals surface area contributed by atoms with Crippen molar-refractivity contribution in [3.8, 4) is 0 Å². The number of ketones is 1. The number of nitrogens with one attached hydrogen (secondary N) is 2. The van der Waals surface area contributed by atoms with E-state index in [9.17, 15) is 14.4 Å². The van der Waals surface area contributed by atoms with Crippen molar-refractivity contribution in [1.29, 1.82) is 0 Å². The molecule has 3 N–H and O–H groups in total. The molecule has 0 aliphatic carbocycles. The summed E-state index contributed by atoms with van der Waals surface area (Å²) >= 11 is 0. The molecule has 0 heterocycles. The van der Waals surface area contributed by atoms with Gasteiger partial charge in [0.25, 0.3) is 0 Å². The van der Waals surface area contributed by atoms with Crippen LogP contribution in [0.1, 0.15) is 18.1 Å². The molecule has 0 fully saturated rings. The summed E-state index contributed by atoms with van der Waals surface area (Å²) in [6, 6.07) is 6.71. The molecule has 1 atom stereocenters. The molecular formula is C16H20N2O4. The van der Waals surface area contributed by atoms with Gasteiger partial charge in [-0.05, 0) is 37.6 Å². The minimum absolute atomic E-state index is 0.183. The Kier molecular flexibility index (Phi) is 6.98. The average Bonchev–Trinajstić information content (AvgIpc) is 2.49. The first kappa shape index (κ1) is 17.6. The van der Waals surface area contributed by atoms with E-state index in [1.165, 1.54) is 19.1 Å². The molecule has 6 heteroatoms. The second-order valence-corrected chi connectivity index (χ2v) is 4.86. The zero-order valence-corrected chi connectivity index (χ0v) is 12.6. The molecule has 0 radical (unpaired) electrons. The zero-order valence-electron chi connectivity index (χ0n) is 12.6. The van der Waals surface area contributed by atoms with Crippen molar-refractivity contribution < 1.29 is 19.5 Å². The summed E-state index contributed by atoms with van der Waals surface area (Å²) in [5, 5.41) is 14.4. The predicted molar refractivity (Wildman–Crippen MR) is 82.3 cm³/mol. The van der Waals surface area contributed by atoms with Gasteiger partial charge in [-0.1, -0.05) is 24.3 Å². The number of benzene rings is 1. The first-order chi connectivity index (χ1) is 10.4. The second-order valence-electron chi connectivity index (χ2n) is 4.86. The molecule has 0 saturated carbocycles. The smallest absolute Gasteiger partial charge is 0.321 e. The monoisotopic (exact) mass is 304 g/mol. The highest BCUT2D eigenvalue weighted by atomic mass is 16.4. The Labute approximate surface area is 129 Å². The van der Waals surface area contributed by atoms with Crippen molar-refractivity contribution in [2.45, 2.75) is 25.9 Å². The standard InChI is InChI=1S/C16H20N2O4/c1-11(19)3-8-15(20)18-10-13-6-4-12(5-7-13)9-14(17-2)16(21)22/h3-8,14,17H,9-10H2,1-2H3,(H,18,20)(H,21,22)/b8-3+/t14-/m0/s1. The van der Waals surface area contributed by atoms with Crippen LogP contribution in [0.2, 0.25) is 0 Å². The van der Waals surface area contributed by atoms with Crippen LogP contribution in [0.4, 0.5) is 0 Å². The number of rotatable bonds is 8. The van der Waals surface area contributed by atoms with Crippen molar-refractivity contribution in [3.05, 3.63) is 47.5 Å². The minimum Gasteiger partial charge on any atom is -0.480 e. The van der Waals surface area contributed by atoms with Crippen LogP contribution >= 0.6 is 0 Å². The Hall–Kier alpha value is -2.47. The normalized spacial score (nSPS) is 12.1. The topological polar surface area (TPSA) is 95.5 Å². The van der Waals surface area contributed by atoms with Crippen molar-refractivity contribution in [3.63, 3.8) is 0 Å². The molecule has 0 aromatic heterocycles. The summed E-state index contributed by atoms with van der Waals surface area (Å²) in [7, 11) is 1.61. The number of hydrogen-bond donors (Lipinski definition) is 3. The lowest BCUT2D eigenvalue weighted by Gasteiger charge is -2.11. The average molecular weight is 304 g/mol. The highest BCUT2D eigenvalue weighted by Gasteiger charge is 2.14. The number of amides is 1. The Morgan fingerprint density at radius 3 is 2.23 bits per heavy atom. The maximum Gasteiger partial charge on any atom is 0.321 e. The van der Waals surface area contributed by atoms with Crippen LogP contribution in [0.3, 0.4) is 0 Å². The molecule has 1 aromatic carbocycles. The van der Waals surface area contributed by atoms with Gasteiger partial charge in [0.2, 0.25) is 5.91 Å². The van der Waals surface area contributed by atoms with Gasteiger partial charge in [-0.2, -0.15) is 0 Å². The first-order valence-corrected chi connectivity index (χ1v) is 6.86. The van der Waals surface area contributed by atoms with Gasteiger partial charge in [-0.15, -0.1) is 0 Å². The summed E-state index contributed by atoms with van der Waals surface area (Å²) in [4.78, 5) is 33.1. The van der Waals surface area contributed by atoms with Crippen LogP contribution < -0.4 is 10.6 Å². The van der Waals surface area contributed by atoms with Gasteiger partial charge in [-0.25, -0.2) is 0 Å². The van der Waals surface area contributed by atoms with E-state index in [0.29, 0.717) is 13.0 Å². The van der Waals surface area contributed by atoms with E-state index in [1.54, 1.807) is 7.05 Å². The van der Waals surface area contributed by atoms with Gasteiger partial charge in [-0.3, -0.25) is 14.4 Å². The van der Waals surface area contributed by atoms with E-state index >= 15 is 0 Å². The van der Waals surface area contributed by atoms with E-state index in [1.807, 2.05) is 24.3 Å². The third-order valence-electron chi connectivity index (χ3n) is 3.05. The van der Waals surface area contributed by atoms with E-state index in [2.05, 4.69) is 10.6 Å². The van der Waals surface area contributed by atoms with Gasteiger partial charge in [0, 0.05) is 12.6 Å². The molecule has 1 aromatic rings. The minimum atomic E-state index is -0.893. The predicted octanol–water partition coefficient (Wildman–Crippen LogP) is 0.663. The Balaban J connectivity index is 2.53. The number of carboxylic acid groups (broad SMARTS) is 1. The lowest BCUT2D eigenvalue weighted by molar-refractivity contribution is -0.139. The fourth-order valence-electron chi connectivity index (χ4n) is 1.78. The van der Waals surface area contributed by atoms with Gasteiger partial charge in [0.15, 0.2) is 5.78 Å². The Morgan fingerprint density at radius 1 is 1.14 bits per heavy atom. The fraction of sp³-hybridized carbons (Fsp3) is 0.312. The molecule has 22 heavy (non-hydrogen) atoms. The summed E-state index contributed by atoms with van der Waals surface area (Å²) in [5.74, 6) is -1.41. The molecule has 0 bridgehead atoms. The molecule has 1 rings (SSSR count). The highest BCUT2D eigenvalue weighted by molar-refractivity contribution is 5.96. The summed E-state index contributed by atoms with van der Waals surface area (Å²) in [6.45, 7) is 1.72. The summed E-state index contributed by atoms with van der Waals surface area (Å²) < 4.78 is 0. The molecule has 0 unspecified atom stereocenters. The third-order valence-corrected chi connectivity index (χ3v) is 3.05. The van der Waals surface area contributed by atoms with Crippen LogP contribution in [0, 0.1) is 0 Å². The second kappa shape index (κ2) is 8.74. The van der Waals surface area contributed by atoms with Gasteiger partial charge >= 0.3 is 5.97 Å². The van der Waals surface area contributed by atoms with E-state index in [4.69, 9.17) is 5.11 Å². The zero-order chi connectivity index (χ0) is 16.5. The molecule has 0 spiro atoms. The van der Waals surface area contributed by atoms with Gasteiger partial charge in [0.1, 0.15) is 6.04 Å². The lowest BCUT2D eigenvalue weighted by atomic mass is 10.0. The van der Waals surface area contributed by atoms with Crippen LogP contribution in [-0.2, 0) is 27.3 Å². The Bertz CT molecular complexity index is 564. The molecule has 0 saturated heterocycles. The SMILES string of the molecule is CN[C@@H](Cc1ccc(CNC(=O)/C=C/C(C)=O)cc1)C(=O)O. The molecule has 1 amide bonds. The van der Waals surface area contributed by atoms with E-state index in [-0.39, 0.29) is 11.7 Å². The number of allylic oxidation sites excluding steroid dienone is 1. The van der Waals surface area contributed by atoms with E-state index in [0.717, 1.165) is 11.1 Å². The van der Waals surface area contributed by atoms with Crippen molar-refractivity contribution >= 4 is 17.7 Å². The summed E-state index contributed by atoms with van der Waals surface area (Å²) in [6.07, 6.45) is 2.79. The van der Waals surface area contributed by atoms with Crippen molar-refractivity contribution in [1.82, 2.24) is 10.6 Å². The van der Waals surface area contributed by atoms with Crippen LogP contribution in [0.25, 0.3) is 0 Å². The quantitative estimate of drug-likeness (QED) is 0.613. The van der Waals surface area contributed by atoms with E-state index < -0.39 is 12.0 Å². The highest BCUT2D eigenvalue weighted by Crippen LogP contribution is 2.07. The molecule has 6 nitrogen and oxygen atoms in total. The maximum absolute atomic E-state index is 11.4. The van der Waals surface area contributed by atoms with Gasteiger partial charge in [0.05, 0.1) is 0 Å². The Morgan fingerprint density at radius 2 is 1.73 bits per heavy atom. The van der Waals surface area contributed by atoms with Crippen molar-refractivity contribution in [2.24, 2.45) is 0 Å². The number of aliphatic carboxylic acids is 1. The summed E-state index contributed by atoms with van der Waals surface area (Å²) in [5.41, 5.74) is 1.79. The number of hydrogen-bond acceptors (Lipinski definition) is 4. The molecule has 118 valence electrons. The molecule has 0 aliphatic heterocycles. The van der Waals surface area contributed by atoms with Crippen LogP contribution in [-0.4, -0.2) is 35.9 Å². The fourth-order valence-corrected chi connectivity index (χ4v) is 1.78. The van der Waals surface area contributed by atoms with Crippen molar-refractivity contribution in [2.75, 3.05) is 7.05 Å². The molecular weight excluding hydrogens is 284 g/mol. The lowest BCUT2D eigenvalue weighted by Crippen LogP contribution is -2.35. The maximum atomic E-state index is 11.4. The molecule has 0 aliphatic rings. The number of carbonyl (C=O) groups is 3. The number of likely N-dealkylation sites (N-methyl/N-ethyl adjacent to an activating group) is 1. The van der Waals surface area contributed by atoms with Crippen LogP contribution in [0.5, 0.6) is 0 Å².